The summed E-state index contributed by atoms with van der Waals surface area (Å²) >= 11 is 2.08. The van der Waals surface area contributed by atoms with E-state index in [-0.39, 0.29) is 5.04 Å². The number of halogens is 1. The van der Waals surface area contributed by atoms with Crippen LogP contribution in [0.1, 0.15) is 32.8 Å². The van der Waals surface area contributed by atoms with E-state index in [4.69, 9.17) is 4.43 Å². The Balaban J connectivity index is 2.68. The number of rotatable bonds is 4. The van der Waals surface area contributed by atoms with Crippen LogP contribution >= 0.6 is 22.6 Å². The van der Waals surface area contributed by atoms with Crippen molar-refractivity contribution < 1.29 is 4.43 Å². The Morgan fingerprint density at radius 1 is 1.16 bits per heavy atom. The van der Waals surface area contributed by atoms with Crippen LogP contribution in [0.15, 0.2) is 24.3 Å². The molecule has 0 aromatic heterocycles. The molecule has 0 saturated heterocycles. The minimum absolute atomic E-state index is 0.238. The Labute approximate surface area is 132 Å². The van der Waals surface area contributed by atoms with Crippen LogP contribution in [-0.4, -0.2) is 8.32 Å². The van der Waals surface area contributed by atoms with Gasteiger partial charge in [-0.3, -0.25) is 0 Å². The van der Waals surface area contributed by atoms with Crippen molar-refractivity contribution in [1.29, 1.82) is 0 Å². The topological polar surface area (TPSA) is 9.23 Å². The smallest absolute Gasteiger partial charge is 0.250 e. The van der Waals surface area contributed by atoms with Gasteiger partial charge in [0.1, 0.15) is 5.75 Å². The van der Waals surface area contributed by atoms with E-state index in [2.05, 4.69) is 90.6 Å². The molecular formula is C16H23IOSi. The fraction of sp³-hybridized carbons (Fsp3) is 0.500. The minimum Gasteiger partial charge on any atom is -0.544 e. The maximum absolute atomic E-state index is 6.26. The number of hydrogen-bond acceptors (Lipinski definition) is 1. The van der Waals surface area contributed by atoms with E-state index >= 15 is 0 Å². The molecule has 0 N–H and O–H groups in total. The number of benzene rings is 1. The second-order valence-corrected chi connectivity index (χ2v) is 11.5. The Bertz CT molecular complexity index is 460. The minimum atomic E-state index is -1.72. The Morgan fingerprint density at radius 3 is 2.21 bits per heavy atom. The van der Waals surface area contributed by atoms with Gasteiger partial charge in [0, 0.05) is 29.0 Å². The quantitative estimate of drug-likeness (QED) is 0.383. The van der Waals surface area contributed by atoms with E-state index in [9.17, 15) is 0 Å². The maximum Gasteiger partial charge on any atom is 0.250 e. The normalized spacial score (nSPS) is 11.7. The van der Waals surface area contributed by atoms with Crippen LogP contribution in [0.4, 0.5) is 0 Å². The average Bonchev–Trinajstić information content (AvgIpc) is 2.30. The van der Waals surface area contributed by atoms with Crippen LogP contribution in [0.2, 0.25) is 18.1 Å². The van der Waals surface area contributed by atoms with Gasteiger partial charge in [0.05, 0.1) is 0 Å². The van der Waals surface area contributed by atoms with Crippen LogP contribution in [0.3, 0.4) is 0 Å². The molecule has 0 heterocycles. The Kier molecular flexibility index (Phi) is 5.94. The van der Waals surface area contributed by atoms with Crippen LogP contribution in [0.25, 0.3) is 0 Å². The van der Waals surface area contributed by atoms with Crippen LogP contribution in [0.5, 0.6) is 5.75 Å². The van der Waals surface area contributed by atoms with E-state index in [1.54, 1.807) is 0 Å². The average molecular weight is 386 g/mol. The molecule has 0 aliphatic rings. The summed E-state index contributed by atoms with van der Waals surface area (Å²) in [4.78, 5) is 0. The lowest BCUT2D eigenvalue weighted by Gasteiger charge is -2.36. The summed E-state index contributed by atoms with van der Waals surface area (Å²) in [6.07, 6.45) is 1.93. The van der Waals surface area contributed by atoms with Crippen molar-refractivity contribution in [3.05, 3.63) is 29.8 Å². The summed E-state index contributed by atoms with van der Waals surface area (Å²) < 4.78 is 9.15. The maximum atomic E-state index is 6.26. The first kappa shape index (κ1) is 16.6. The Morgan fingerprint density at radius 2 is 1.74 bits per heavy atom. The van der Waals surface area contributed by atoms with Crippen molar-refractivity contribution in [1.82, 2.24) is 0 Å². The fourth-order valence-corrected chi connectivity index (χ4v) is 2.73. The zero-order valence-corrected chi connectivity index (χ0v) is 15.7. The molecule has 0 bridgehead atoms. The summed E-state index contributed by atoms with van der Waals surface area (Å²) in [5, 5.41) is 0.238. The molecule has 3 heteroatoms. The Hall–Kier alpha value is -0.473. The fourth-order valence-electron chi connectivity index (χ4n) is 1.43. The second-order valence-electron chi connectivity index (χ2n) is 6.28. The lowest BCUT2D eigenvalue weighted by atomic mass is 10.1. The lowest BCUT2D eigenvalue weighted by molar-refractivity contribution is 0.492. The van der Waals surface area contributed by atoms with Crippen molar-refractivity contribution in [2.45, 2.75) is 51.7 Å². The molecule has 1 aromatic rings. The van der Waals surface area contributed by atoms with Crippen molar-refractivity contribution in [3.63, 3.8) is 0 Å². The monoisotopic (exact) mass is 386 g/mol. The number of hydrogen-bond donors (Lipinski definition) is 0. The van der Waals surface area contributed by atoms with E-state index < -0.39 is 8.32 Å². The molecule has 0 radical (unpaired) electrons. The third-order valence-electron chi connectivity index (χ3n) is 3.71. The summed E-state index contributed by atoms with van der Waals surface area (Å²) in [6, 6.07) is 8.48. The lowest BCUT2D eigenvalue weighted by Crippen LogP contribution is -2.43. The molecule has 104 valence electrons. The summed E-state index contributed by atoms with van der Waals surface area (Å²) in [5.41, 5.74) is 1.32. The van der Waals surface area contributed by atoms with Gasteiger partial charge in [0.15, 0.2) is 0 Å². The molecular weight excluding hydrogens is 363 g/mol. The molecule has 0 unspecified atom stereocenters. The highest BCUT2D eigenvalue weighted by Gasteiger charge is 2.38. The highest BCUT2D eigenvalue weighted by Crippen LogP contribution is 2.37. The van der Waals surface area contributed by atoms with Crippen LogP contribution in [-0.2, 0) is 6.42 Å². The van der Waals surface area contributed by atoms with Crippen LogP contribution < -0.4 is 4.43 Å². The van der Waals surface area contributed by atoms with Crippen molar-refractivity contribution >= 4 is 30.9 Å². The van der Waals surface area contributed by atoms with Crippen molar-refractivity contribution in [3.8, 4) is 15.6 Å². The molecule has 0 atom stereocenters. The summed E-state index contributed by atoms with van der Waals surface area (Å²) in [5.74, 6) is 4.08. The van der Waals surface area contributed by atoms with Gasteiger partial charge >= 0.3 is 0 Å². The molecule has 0 aliphatic carbocycles. The second kappa shape index (κ2) is 6.80. The first-order valence-corrected chi connectivity index (χ1v) is 10.6. The molecule has 0 amide bonds. The van der Waals surface area contributed by atoms with Gasteiger partial charge in [-0.15, -0.1) is 0 Å². The third kappa shape index (κ3) is 5.19. The molecule has 1 nitrogen and oxygen atoms in total. The van der Waals surface area contributed by atoms with E-state index in [1.807, 2.05) is 0 Å². The largest absolute Gasteiger partial charge is 0.544 e. The van der Waals surface area contributed by atoms with E-state index in [0.717, 1.165) is 18.6 Å². The van der Waals surface area contributed by atoms with Crippen molar-refractivity contribution in [2.24, 2.45) is 0 Å². The molecule has 0 spiro atoms. The summed E-state index contributed by atoms with van der Waals surface area (Å²) in [7, 11) is -1.72. The first-order chi connectivity index (χ1) is 8.76. The summed E-state index contributed by atoms with van der Waals surface area (Å²) in [6.45, 7) is 11.3. The van der Waals surface area contributed by atoms with Gasteiger partial charge < -0.3 is 4.43 Å². The zero-order valence-electron chi connectivity index (χ0n) is 12.5. The predicted molar refractivity (Wildman–Crippen MR) is 94.4 cm³/mol. The highest BCUT2D eigenvalue weighted by molar-refractivity contribution is 14.1. The van der Waals surface area contributed by atoms with Crippen LogP contribution in [0, 0.1) is 9.85 Å². The highest BCUT2D eigenvalue weighted by atomic mass is 127. The molecule has 1 rings (SSSR count). The molecule has 0 fully saturated rings. The third-order valence-corrected chi connectivity index (χ3v) is 8.45. The van der Waals surface area contributed by atoms with Gasteiger partial charge in [-0.1, -0.05) is 38.8 Å². The van der Waals surface area contributed by atoms with E-state index in [0.29, 0.717) is 0 Å². The standard InChI is InChI=1S/C16H23IOSi/c1-16(2,3)19(4,5)18-15-11-9-14(10-12-15)8-6-7-13-17/h9-12H,6,8H2,1-5H3. The molecule has 19 heavy (non-hydrogen) atoms. The predicted octanol–water partition coefficient (Wildman–Crippen LogP) is 5.40. The van der Waals surface area contributed by atoms with Gasteiger partial charge in [0.25, 0.3) is 0 Å². The SMILES string of the molecule is CC(C)(C)[Si](C)(C)Oc1ccc(CCC#CI)cc1. The van der Waals surface area contributed by atoms with Crippen molar-refractivity contribution in [2.75, 3.05) is 0 Å². The van der Waals surface area contributed by atoms with E-state index in [1.165, 1.54) is 5.56 Å². The zero-order chi connectivity index (χ0) is 14.5. The first-order valence-electron chi connectivity index (χ1n) is 6.63. The molecule has 0 saturated carbocycles. The van der Waals surface area contributed by atoms with Gasteiger partial charge in [-0.2, -0.15) is 0 Å². The number of aryl methyl sites for hydroxylation is 1. The van der Waals surface area contributed by atoms with Gasteiger partial charge in [0.2, 0.25) is 8.32 Å². The van der Waals surface area contributed by atoms with Gasteiger partial charge in [-0.05, 0) is 46.2 Å². The van der Waals surface area contributed by atoms with Gasteiger partial charge in [-0.25, -0.2) is 0 Å². The molecule has 0 aliphatic heterocycles. The molecule has 1 aromatic carbocycles.